The Morgan fingerprint density at radius 2 is 1.62 bits per heavy atom. The molecule has 6 nitrogen and oxygen atoms in total. The smallest absolute Gasteiger partial charge is 0.280 e. The summed E-state index contributed by atoms with van der Waals surface area (Å²) in [5.41, 5.74) is 2.21. The molecule has 29 heavy (non-hydrogen) atoms. The molecule has 6 heteroatoms. The molecule has 2 aromatic carbocycles. The Labute approximate surface area is 169 Å². The first-order valence-corrected chi connectivity index (χ1v) is 9.78. The van der Waals surface area contributed by atoms with Crippen LogP contribution in [0.4, 0.5) is 0 Å². The van der Waals surface area contributed by atoms with Gasteiger partial charge in [0.1, 0.15) is 5.56 Å². The van der Waals surface area contributed by atoms with Crippen molar-refractivity contribution < 1.29 is 9.90 Å². The molecule has 0 aliphatic rings. The van der Waals surface area contributed by atoms with Crippen LogP contribution in [0, 0.1) is 0 Å². The third-order valence-electron chi connectivity index (χ3n) is 4.84. The first-order chi connectivity index (χ1) is 14.1. The lowest BCUT2D eigenvalue weighted by Gasteiger charge is -2.19. The van der Waals surface area contributed by atoms with Gasteiger partial charge in [0.2, 0.25) is 0 Å². The minimum atomic E-state index is -0.503. The van der Waals surface area contributed by atoms with Crippen LogP contribution >= 0.6 is 0 Å². The quantitative estimate of drug-likeness (QED) is 0.648. The summed E-state index contributed by atoms with van der Waals surface area (Å²) in [6.07, 6.45) is 0.557. The van der Waals surface area contributed by atoms with E-state index < -0.39 is 17.5 Å². The molecule has 1 atom stereocenters. The summed E-state index contributed by atoms with van der Waals surface area (Å²) < 4.78 is 1.31. The van der Waals surface area contributed by atoms with Crippen LogP contribution in [0.3, 0.4) is 0 Å². The second kappa shape index (κ2) is 9.30. The lowest BCUT2D eigenvalue weighted by molar-refractivity contribution is 0.0913. The van der Waals surface area contributed by atoms with E-state index in [0.29, 0.717) is 24.2 Å². The molecule has 0 saturated heterocycles. The van der Waals surface area contributed by atoms with E-state index in [2.05, 4.69) is 10.4 Å². The maximum Gasteiger partial charge on any atom is 0.280 e. The fraction of sp³-hybridized carbons (Fsp3) is 0.261. The second-order valence-corrected chi connectivity index (χ2v) is 6.71. The van der Waals surface area contributed by atoms with Gasteiger partial charge in [0, 0.05) is 17.7 Å². The lowest BCUT2D eigenvalue weighted by atomic mass is 9.95. The van der Waals surface area contributed by atoms with Crippen LogP contribution in [0.5, 0.6) is 0 Å². The van der Waals surface area contributed by atoms with Crippen LogP contribution in [0.15, 0.2) is 65.5 Å². The van der Waals surface area contributed by atoms with Gasteiger partial charge in [0.15, 0.2) is 0 Å². The van der Waals surface area contributed by atoms with Crippen molar-refractivity contribution in [3.8, 4) is 22.4 Å². The van der Waals surface area contributed by atoms with Crippen LogP contribution in [-0.2, 0) is 6.54 Å². The molecule has 2 N–H and O–H groups in total. The minimum Gasteiger partial charge on any atom is -0.394 e. The Morgan fingerprint density at radius 1 is 1.03 bits per heavy atom. The third-order valence-corrected chi connectivity index (χ3v) is 4.84. The molecule has 150 valence electrons. The van der Waals surface area contributed by atoms with Crippen LogP contribution in [-0.4, -0.2) is 33.4 Å². The van der Waals surface area contributed by atoms with E-state index in [-0.39, 0.29) is 12.2 Å². The molecule has 1 amide bonds. The first-order valence-electron chi connectivity index (χ1n) is 9.78. The van der Waals surface area contributed by atoms with Crippen LogP contribution < -0.4 is 10.9 Å². The fourth-order valence-electron chi connectivity index (χ4n) is 3.21. The summed E-state index contributed by atoms with van der Waals surface area (Å²) in [6, 6.07) is 18.4. The van der Waals surface area contributed by atoms with E-state index in [1.165, 1.54) is 4.68 Å². The van der Waals surface area contributed by atoms with E-state index >= 15 is 0 Å². The molecule has 0 aliphatic heterocycles. The molecule has 3 rings (SSSR count). The van der Waals surface area contributed by atoms with E-state index in [4.69, 9.17) is 0 Å². The molecule has 0 bridgehead atoms. The van der Waals surface area contributed by atoms with Gasteiger partial charge in [0.25, 0.3) is 11.5 Å². The number of nitrogens with zero attached hydrogens (tertiary/aromatic N) is 2. The zero-order chi connectivity index (χ0) is 20.8. The minimum absolute atomic E-state index is 0.0406. The average molecular weight is 391 g/mol. The molecule has 1 heterocycles. The highest BCUT2D eigenvalue weighted by atomic mass is 16.3. The predicted molar refractivity (Wildman–Crippen MR) is 114 cm³/mol. The predicted octanol–water partition coefficient (Wildman–Crippen LogP) is 3.10. The summed E-state index contributed by atoms with van der Waals surface area (Å²) in [5.74, 6) is -0.503. The molecule has 1 aromatic heterocycles. The SMILES string of the molecule is CCC(CO)NC(=O)c1c(-c2ccccc2)c(-c2ccccc2)nn(CC)c1=O. The van der Waals surface area contributed by atoms with E-state index in [0.717, 1.165) is 11.1 Å². The van der Waals surface area contributed by atoms with Crippen LogP contribution in [0.1, 0.15) is 30.6 Å². The maximum atomic E-state index is 13.2. The van der Waals surface area contributed by atoms with Gasteiger partial charge in [-0.25, -0.2) is 4.68 Å². The highest BCUT2D eigenvalue weighted by Crippen LogP contribution is 2.32. The average Bonchev–Trinajstić information content (AvgIpc) is 2.78. The Bertz CT molecular complexity index is 1030. The van der Waals surface area contributed by atoms with Crippen LogP contribution in [0.25, 0.3) is 22.4 Å². The first kappa shape index (κ1) is 20.5. The number of carbonyl (C=O) groups is 1. The Morgan fingerprint density at radius 3 is 2.14 bits per heavy atom. The van der Waals surface area contributed by atoms with Gasteiger partial charge in [-0.2, -0.15) is 5.10 Å². The zero-order valence-electron chi connectivity index (χ0n) is 16.6. The van der Waals surface area contributed by atoms with Crippen molar-refractivity contribution in [3.05, 3.63) is 76.6 Å². The molecule has 0 radical (unpaired) electrons. The number of aliphatic hydroxyl groups is 1. The number of aryl methyl sites for hydroxylation is 1. The van der Waals surface area contributed by atoms with E-state index in [9.17, 15) is 14.7 Å². The summed E-state index contributed by atoms with van der Waals surface area (Å²) in [6.45, 7) is 3.83. The van der Waals surface area contributed by atoms with Crippen molar-refractivity contribution in [1.82, 2.24) is 15.1 Å². The van der Waals surface area contributed by atoms with Crippen molar-refractivity contribution in [1.29, 1.82) is 0 Å². The van der Waals surface area contributed by atoms with Gasteiger partial charge in [-0.15, -0.1) is 0 Å². The number of benzene rings is 2. The number of hydrogen-bond acceptors (Lipinski definition) is 4. The molecule has 0 saturated carbocycles. The molecule has 1 unspecified atom stereocenters. The molecule has 0 spiro atoms. The van der Waals surface area contributed by atoms with E-state index in [1.807, 2.05) is 74.5 Å². The number of aliphatic hydroxyl groups excluding tert-OH is 1. The van der Waals surface area contributed by atoms with Gasteiger partial charge < -0.3 is 10.4 Å². The van der Waals surface area contributed by atoms with Crippen molar-refractivity contribution in [3.63, 3.8) is 0 Å². The molecule has 0 aliphatic carbocycles. The number of carbonyl (C=O) groups excluding carboxylic acids is 1. The number of nitrogens with one attached hydrogen (secondary N) is 1. The molecule has 0 fully saturated rings. The van der Waals surface area contributed by atoms with Crippen LogP contribution in [0.2, 0.25) is 0 Å². The molecular weight excluding hydrogens is 366 g/mol. The van der Waals surface area contributed by atoms with Gasteiger partial charge in [-0.05, 0) is 18.9 Å². The highest BCUT2D eigenvalue weighted by Gasteiger charge is 2.25. The number of rotatable bonds is 7. The zero-order valence-corrected chi connectivity index (χ0v) is 16.6. The Hall–Kier alpha value is -3.25. The number of hydrogen-bond donors (Lipinski definition) is 2. The third kappa shape index (κ3) is 4.27. The van der Waals surface area contributed by atoms with Crippen molar-refractivity contribution in [2.45, 2.75) is 32.9 Å². The largest absolute Gasteiger partial charge is 0.394 e. The summed E-state index contributed by atoms with van der Waals surface area (Å²) in [5, 5.41) is 16.9. The maximum absolute atomic E-state index is 13.2. The van der Waals surface area contributed by atoms with Gasteiger partial charge in [-0.3, -0.25) is 9.59 Å². The van der Waals surface area contributed by atoms with Gasteiger partial charge in [0.05, 0.1) is 18.3 Å². The van der Waals surface area contributed by atoms with Crippen molar-refractivity contribution >= 4 is 5.91 Å². The van der Waals surface area contributed by atoms with Gasteiger partial charge >= 0.3 is 0 Å². The normalized spacial score (nSPS) is 11.8. The monoisotopic (exact) mass is 391 g/mol. The van der Waals surface area contributed by atoms with Crippen molar-refractivity contribution in [2.75, 3.05) is 6.61 Å². The lowest BCUT2D eigenvalue weighted by Crippen LogP contribution is -2.41. The molecular formula is C23H25N3O3. The van der Waals surface area contributed by atoms with E-state index in [1.54, 1.807) is 0 Å². The summed E-state index contributed by atoms with van der Waals surface area (Å²) in [7, 11) is 0. The Balaban J connectivity index is 2.33. The summed E-state index contributed by atoms with van der Waals surface area (Å²) in [4.78, 5) is 26.3. The Kier molecular flexibility index (Phi) is 6.57. The highest BCUT2D eigenvalue weighted by molar-refractivity contribution is 6.03. The fourth-order valence-corrected chi connectivity index (χ4v) is 3.21. The topological polar surface area (TPSA) is 84.2 Å². The number of aromatic nitrogens is 2. The standard InChI is InChI=1S/C23H25N3O3/c1-3-18(15-27)24-22(28)20-19(16-11-7-5-8-12-16)21(17-13-9-6-10-14-17)25-26(4-2)23(20)29/h5-14,18,27H,3-4,15H2,1-2H3,(H,24,28). The number of amides is 1. The van der Waals surface area contributed by atoms with Gasteiger partial charge in [-0.1, -0.05) is 67.6 Å². The van der Waals surface area contributed by atoms with Crippen molar-refractivity contribution in [2.24, 2.45) is 0 Å². The molecule has 3 aromatic rings. The second-order valence-electron chi connectivity index (χ2n) is 6.71. The summed E-state index contributed by atoms with van der Waals surface area (Å²) >= 11 is 0.